The minimum Gasteiger partial charge on any atom is -0.368 e. The molecule has 2 heterocycles. The predicted molar refractivity (Wildman–Crippen MR) is 115 cm³/mol. The molecule has 0 amide bonds. The van der Waals surface area contributed by atoms with Crippen molar-refractivity contribution in [2.45, 2.75) is 39.0 Å². The fourth-order valence-electron chi connectivity index (χ4n) is 4.01. The van der Waals surface area contributed by atoms with E-state index in [1.54, 1.807) is 11.8 Å². The average molecular weight is 379 g/mol. The molecular formula is C22H30N6. The highest BCUT2D eigenvalue weighted by atomic mass is 15.3. The molecule has 6 nitrogen and oxygen atoms in total. The second-order valence-corrected chi connectivity index (χ2v) is 7.74. The van der Waals surface area contributed by atoms with Crippen LogP contribution in [0.1, 0.15) is 37.7 Å². The zero-order valence-electron chi connectivity index (χ0n) is 16.8. The maximum atomic E-state index is 4.69. The summed E-state index contributed by atoms with van der Waals surface area (Å²) in [4.78, 5) is 9.44. The van der Waals surface area contributed by atoms with Crippen LogP contribution in [0.4, 0.5) is 17.5 Å². The molecule has 0 spiro atoms. The lowest BCUT2D eigenvalue weighted by molar-refractivity contribution is 0.644. The Balaban J connectivity index is 1.30. The first-order valence-electron chi connectivity index (χ1n) is 10.5. The van der Waals surface area contributed by atoms with Crippen molar-refractivity contribution in [3.8, 4) is 0 Å². The highest BCUT2D eigenvalue weighted by Gasteiger charge is 2.19. The van der Waals surface area contributed by atoms with E-state index in [4.69, 9.17) is 4.98 Å². The quantitative estimate of drug-likeness (QED) is 0.772. The molecule has 0 saturated carbocycles. The molecule has 0 radical (unpaired) electrons. The van der Waals surface area contributed by atoms with Gasteiger partial charge in [0.2, 0.25) is 5.95 Å². The molecule has 2 aromatic rings. The molecule has 28 heavy (non-hydrogen) atoms. The maximum absolute atomic E-state index is 4.69. The molecule has 1 saturated heterocycles. The number of anilines is 3. The first-order chi connectivity index (χ1) is 13.8. The summed E-state index contributed by atoms with van der Waals surface area (Å²) >= 11 is 0. The molecule has 148 valence electrons. The Bertz CT molecular complexity index is 810. The maximum Gasteiger partial charge on any atom is 0.244 e. The van der Waals surface area contributed by atoms with E-state index < -0.39 is 0 Å². The molecule has 2 aliphatic rings. The van der Waals surface area contributed by atoms with Gasteiger partial charge in [0.05, 0.1) is 6.20 Å². The molecule has 0 bridgehead atoms. The molecule has 1 fully saturated rings. The van der Waals surface area contributed by atoms with Gasteiger partial charge in [-0.1, -0.05) is 23.8 Å². The van der Waals surface area contributed by atoms with Gasteiger partial charge in [0, 0.05) is 38.4 Å². The van der Waals surface area contributed by atoms with E-state index in [1.807, 2.05) is 0 Å². The summed E-state index contributed by atoms with van der Waals surface area (Å²) in [5, 5.41) is 11.7. The van der Waals surface area contributed by atoms with E-state index in [9.17, 15) is 0 Å². The van der Waals surface area contributed by atoms with Gasteiger partial charge in [0.1, 0.15) is 0 Å². The monoisotopic (exact) mass is 378 g/mol. The van der Waals surface area contributed by atoms with Crippen molar-refractivity contribution in [2.75, 3.05) is 47.8 Å². The van der Waals surface area contributed by atoms with Crippen LogP contribution in [0.2, 0.25) is 0 Å². The van der Waals surface area contributed by atoms with Crippen LogP contribution in [-0.4, -0.2) is 47.9 Å². The summed E-state index contributed by atoms with van der Waals surface area (Å²) in [6, 6.07) is 8.72. The summed E-state index contributed by atoms with van der Waals surface area (Å²) in [5.74, 6) is 1.55. The van der Waals surface area contributed by atoms with Gasteiger partial charge in [-0.15, -0.1) is 5.10 Å². The second-order valence-electron chi connectivity index (χ2n) is 7.74. The van der Waals surface area contributed by atoms with Gasteiger partial charge in [-0.25, -0.2) is 0 Å². The molecule has 6 heteroatoms. The number of allylic oxidation sites excluding steroid dienone is 1. The van der Waals surface area contributed by atoms with E-state index in [0.717, 1.165) is 45.0 Å². The number of benzene rings is 1. The van der Waals surface area contributed by atoms with Gasteiger partial charge in [0.15, 0.2) is 5.82 Å². The predicted octanol–water partition coefficient (Wildman–Crippen LogP) is 3.81. The zero-order valence-corrected chi connectivity index (χ0v) is 16.8. The van der Waals surface area contributed by atoms with Crippen LogP contribution in [-0.2, 0) is 0 Å². The number of piperazine rings is 1. The summed E-state index contributed by atoms with van der Waals surface area (Å²) in [6.45, 7) is 6.89. The van der Waals surface area contributed by atoms with Gasteiger partial charge in [-0.3, -0.25) is 0 Å². The summed E-state index contributed by atoms with van der Waals surface area (Å²) in [6.07, 6.45) is 10.4. The van der Waals surface area contributed by atoms with E-state index in [1.165, 1.54) is 36.9 Å². The van der Waals surface area contributed by atoms with E-state index >= 15 is 0 Å². The van der Waals surface area contributed by atoms with Gasteiger partial charge in [0.25, 0.3) is 0 Å². The number of aryl methyl sites for hydroxylation is 1. The third-order valence-corrected chi connectivity index (χ3v) is 5.63. The lowest BCUT2D eigenvalue weighted by Gasteiger charge is -2.36. The van der Waals surface area contributed by atoms with Crippen LogP contribution >= 0.6 is 0 Å². The van der Waals surface area contributed by atoms with Crippen LogP contribution in [0, 0.1) is 6.92 Å². The van der Waals surface area contributed by atoms with E-state index in [-0.39, 0.29) is 0 Å². The normalized spacial score (nSPS) is 17.4. The van der Waals surface area contributed by atoms with Crippen LogP contribution < -0.4 is 15.1 Å². The topological polar surface area (TPSA) is 57.2 Å². The van der Waals surface area contributed by atoms with Crippen molar-refractivity contribution in [3.05, 3.63) is 47.7 Å². The van der Waals surface area contributed by atoms with Gasteiger partial charge >= 0.3 is 0 Å². The number of hydrogen-bond donors (Lipinski definition) is 1. The standard InChI is InChI=1S/C22H30N6/c1-18-6-5-9-20(16-18)27-12-14-28(15-13-27)21-17-24-26-22(25-21)23-11-10-19-7-3-2-4-8-19/h5-7,9,16-17H,2-4,8,10-15H2,1H3,(H,23,25,26). The van der Waals surface area contributed by atoms with Crippen LogP contribution in [0.3, 0.4) is 0 Å². The Kier molecular flexibility index (Phi) is 6.04. The van der Waals surface area contributed by atoms with Crippen LogP contribution in [0.5, 0.6) is 0 Å². The minimum atomic E-state index is 0.634. The van der Waals surface area contributed by atoms with Crippen molar-refractivity contribution in [3.63, 3.8) is 0 Å². The van der Waals surface area contributed by atoms with Crippen LogP contribution in [0.15, 0.2) is 42.1 Å². The first-order valence-corrected chi connectivity index (χ1v) is 10.5. The number of nitrogens with zero attached hydrogens (tertiary/aromatic N) is 5. The number of hydrogen-bond acceptors (Lipinski definition) is 6. The van der Waals surface area contributed by atoms with Gasteiger partial charge in [-0.2, -0.15) is 10.1 Å². The van der Waals surface area contributed by atoms with E-state index in [2.05, 4.69) is 62.6 Å². The Morgan fingerprint density at radius 3 is 2.71 bits per heavy atom. The Labute approximate surface area is 167 Å². The molecule has 1 N–H and O–H groups in total. The molecule has 4 rings (SSSR count). The summed E-state index contributed by atoms with van der Waals surface area (Å²) in [7, 11) is 0. The lowest BCUT2D eigenvalue weighted by Crippen LogP contribution is -2.47. The first kappa shape index (κ1) is 18.7. The van der Waals surface area contributed by atoms with Crippen molar-refractivity contribution >= 4 is 17.5 Å². The molecule has 0 atom stereocenters. The largest absolute Gasteiger partial charge is 0.368 e. The second kappa shape index (κ2) is 9.04. The van der Waals surface area contributed by atoms with Crippen molar-refractivity contribution in [1.82, 2.24) is 15.2 Å². The summed E-state index contributed by atoms with van der Waals surface area (Å²) in [5.41, 5.74) is 4.18. The highest BCUT2D eigenvalue weighted by molar-refractivity contribution is 5.51. The summed E-state index contributed by atoms with van der Waals surface area (Å²) < 4.78 is 0. The van der Waals surface area contributed by atoms with Crippen molar-refractivity contribution in [1.29, 1.82) is 0 Å². The van der Waals surface area contributed by atoms with Gasteiger partial charge < -0.3 is 15.1 Å². The highest BCUT2D eigenvalue weighted by Crippen LogP contribution is 2.21. The van der Waals surface area contributed by atoms with E-state index in [0.29, 0.717) is 5.95 Å². The Morgan fingerprint density at radius 2 is 1.93 bits per heavy atom. The SMILES string of the molecule is Cc1cccc(N2CCN(c3cnnc(NCCC4=CCCCC4)n3)CC2)c1. The molecule has 1 aliphatic heterocycles. The fraction of sp³-hybridized carbons (Fsp3) is 0.500. The zero-order chi connectivity index (χ0) is 19.2. The molecule has 1 aromatic heterocycles. The van der Waals surface area contributed by atoms with Crippen molar-refractivity contribution < 1.29 is 0 Å². The third kappa shape index (κ3) is 4.80. The molecular weight excluding hydrogens is 348 g/mol. The molecule has 1 aromatic carbocycles. The Morgan fingerprint density at radius 1 is 1.07 bits per heavy atom. The lowest BCUT2D eigenvalue weighted by atomic mass is 9.97. The Hall–Kier alpha value is -2.63. The van der Waals surface area contributed by atoms with Gasteiger partial charge in [-0.05, 0) is 56.7 Å². The van der Waals surface area contributed by atoms with Crippen LogP contribution in [0.25, 0.3) is 0 Å². The third-order valence-electron chi connectivity index (χ3n) is 5.63. The fourth-order valence-corrected chi connectivity index (χ4v) is 4.01. The molecule has 1 aliphatic carbocycles. The number of rotatable bonds is 6. The van der Waals surface area contributed by atoms with Crippen molar-refractivity contribution in [2.24, 2.45) is 0 Å². The average Bonchev–Trinajstić information content (AvgIpc) is 2.75. The number of aromatic nitrogens is 3. The number of nitrogens with one attached hydrogen (secondary N) is 1. The molecule has 0 unspecified atom stereocenters. The smallest absolute Gasteiger partial charge is 0.244 e. The minimum absolute atomic E-state index is 0.634.